The van der Waals surface area contributed by atoms with Crippen LogP contribution in [0.15, 0.2) is 54.7 Å². The number of hydrogen-bond acceptors (Lipinski definition) is 1. The summed E-state index contributed by atoms with van der Waals surface area (Å²) in [7, 11) is 0. The number of hydrogen-bond donors (Lipinski definition) is 3. The first kappa shape index (κ1) is 18.6. The van der Waals surface area contributed by atoms with E-state index < -0.39 is 0 Å². The van der Waals surface area contributed by atoms with E-state index in [-0.39, 0.29) is 17.5 Å². The van der Waals surface area contributed by atoms with Gasteiger partial charge < -0.3 is 15.6 Å². The summed E-state index contributed by atoms with van der Waals surface area (Å²) in [6.07, 6.45) is 5.90. The Balaban J connectivity index is 1.25. The molecule has 0 radical (unpaired) electrons. The van der Waals surface area contributed by atoms with Gasteiger partial charge in [0.05, 0.1) is 0 Å². The smallest absolute Gasteiger partial charge is 0.315 e. The molecule has 1 aliphatic carbocycles. The lowest BCUT2D eigenvalue weighted by molar-refractivity contribution is 0.183. The van der Waals surface area contributed by atoms with Gasteiger partial charge in [0.25, 0.3) is 0 Å². The fourth-order valence-corrected chi connectivity index (χ4v) is 4.53. The summed E-state index contributed by atoms with van der Waals surface area (Å²) in [6.45, 7) is 5.09. The summed E-state index contributed by atoms with van der Waals surface area (Å²) in [5.41, 5.74) is 5.35. The van der Waals surface area contributed by atoms with Gasteiger partial charge in [-0.25, -0.2) is 4.79 Å². The minimum absolute atomic E-state index is 0.0609. The number of aromatic nitrogens is 1. The molecule has 4 rings (SSSR count). The number of benzene rings is 2. The molecule has 3 N–H and O–H groups in total. The Hall–Kier alpha value is -2.75. The first-order chi connectivity index (χ1) is 13.6. The highest BCUT2D eigenvalue weighted by Crippen LogP contribution is 2.43. The summed E-state index contributed by atoms with van der Waals surface area (Å²) in [5, 5.41) is 7.40. The van der Waals surface area contributed by atoms with Crippen LogP contribution in [0.3, 0.4) is 0 Å². The van der Waals surface area contributed by atoms with Crippen LogP contribution in [0.4, 0.5) is 4.79 Å². The zero-order valence-corrected chi connectivity index (χ0v) is 16.7. The number of rotatable bonds is 6. The van der Waals surface area contributed by atoms with Crippen LogP contribution in [0.25, 0.3) is 10.9 Å². The molecule has 0 unspecified atom stereocenters. The van der Waals surface area contributed by atoms with Gasteiger partial charge in [0.1, 0.15) is 0 Å². The van der Waals surface area contributed by atoms with E-state index in [2.05, 4.69) is 78.1 Å². The highest BCUT2D eigenvalue weighted by molar-refractivity contribution is 5.86. The lowest BCUT2D eigenvalue weighted by atomic mass is 9.63. The molecule has 28 heavy (non-hydrogen) atoms. The van der Waals surface area contributed by atoms with Crippen molar-refractivity contribution in [2.45, 2.75) is 51.0 Å². The third-order valence-electron chi connectivity index (χ3n) is 6.15. The summed E-state index contributed by atoms with van der Waals surface area (Å²) in [6, 6.07) is 17.2. The molecule has 4 nitrogen and oxygen atoms in total. The molecule has 2 aromatic carbocycles. The van der Waals surface area contributed by atoms with E-state index >= 15 is 0 Å². The van der Waals surface area contributed by atoms with Crippen LogP contribution in [-0.4, -0.2) is 23.6 Å². The zero-order valence-electron chi connectivity index (χ0n) is 16.7. The monoisotopic (exact) mass is 375 g/mol. The van der Waals surface area contributed by atoms with Gasteiger partial charge in [0.15, 0.2) is 0 Å². The molecule has 0 aliphatic heterocycles. The number of para-hydroxylation sites is 1. The van der Waals surface area contributed by atoms with Crippen molar-refractivity contribution in [3.05, 3.63) is 71.4 Å². The van der Waals surface area contributed by atoms with Crippen LogP contribution in [-0.2, 0) is 18.3 Å². The van der Waals surface area contributed by atoms with Crippen molar-refractivity contribution in [3.8, 4) is 0 Å². The molecule has 3 aromatic rings. The van der Waals surface area contributed by atoms with Gasteiger partial charge in [0.2, 0.25) is 0 Å². The molecule has 0 bridgehead atoms. The number of carbonyl (C=O) groups is 1. The second-order valence-corrected chi connectivity index (χ2v) is 8.19. The maximum Gasteiger partial charge on any atom is 0.315 e. The summed E-state index contributed by atoms with van der Waals surface area (Å²) in [4.78, 5) is 15.6. The van der Waals surface area contributed by atoms with Gasteiger partial charge in [-0.15, -0.1) is 0 Å². The molecule has 1 heterocycles. The average Bonchev–Trinajstić information content (AvgIpc) is 3.10. The minimum atomic E-state index is -0.0609. The van der Waals surface area contributed by atoms with E-state index in [1.807, 2.05) is 6.07 Å². The molecule has 1 aliphatic rings. The van der Waals surface area contributed by atoms with E-state index in [1.54, 1.807) is 0 Å². The molecule has 1 aromatic heterocycles. The summed E-state index contributed by atoms with van der Waals surface area (Å²) in [5.74, 6) is 0. The van der Waals surface area contributed by atoms with Crippen molar-refractivity contribution in [2.75, 3.05) is 6.54 Å². The SMILES string of the molecule is CCc1cccc2c(CCNC(=O)NC3CC(C)(c4ccccc4)C3)c[nH]c12. The highest BCUT2D eigenvalue weighted by Gasteiger charge is 2.41. The Morgan fingerprint density at radius 1 is 1.11 bits per heavy atom. The predicted molar refractivity (Wildman–Crippen MR) is 115 cm³/mol. The van der Waals surface area contributed by atoms with Gasteiger partial charge in [-0.3, -0.25) is 0 Å². The first-order valence-electron chi connectivity index (χ1n) is 10.3. The van der Waals surface area contributed by atoms with E-state index in [4.69, 9.17) is 0 Å². The predicted octanol–water partition coefficient (Wildman–Crippen LogP) is 4.69. The topological polar surface area (TPSA) is 56.9 Å². The van der Waals surface area contributed by atoms with Crippen LogP contribution >= 0.6 is 0 Å². The van der Waals surface area contributed by atoms with E-state index in [1.165, 1.54) is 27.6 Å². The largest absolute Gasteiger partial charge is 0.361 e. The molecule has 2 amide bonds. The molecule has 1 saturated carbocycles. The van der Waals surface area contributed by atoms with Gasteiger partial charge in [-0.05, 0) is 47.8 Å². The molecule has 4 heteroatoms. The number of urea groups is 1. The van der Waals surface area contributed by atoms with Crippen molar-refractivity contribution in [1.29, 1.82) is 0 Å². The number of aromatic amines is 1. The number of H-pyrrole nitrogens is 1. The zero-order chi connectivity index (χ0) is 19.6. The first-order valence-corrected chi connectivity index (χ1v) is 10.3. The maximum atomic E-state index is 12.3. The highest BCUT2D eigenvalue weighted by atomic mass is 16.2. The van der Waals surface area contributed by atoms with Crippen LogP contribution in [0.5, 0.6) is 0 Å². The molecular weight excluding hydrogens is 346 g/mol. The quantitative estimate of drug-likeness (QED) is 0.575. The minimum Gasteiger partial charge on any atom is -0.361 e. The Kier molecular flexibility index (Phi) is 5.12. The van der Waals surface area contributed by atoms with Crippen molar-refractivity contribution in [1.82, 2.24) is 15.6 Å². The number of fused-ring (bicyclic) bond motifs is 1. The summed E-state index contributed by atoms with van der Waals surface area (Å²) < 4.78 is 0. The van der Waals surface area contributed by atoms with Crippen LogP contribution in [0.2, 0.25) is 0 Å². The lowest BCUT2D eigenvalue weighted by Crippen LogP contribution is -2.54. The van der Waals surface area contributed by atoms with Crippen LogP contribution in [0.1, 0.15) is 43.4 Å². The van der Waals surface area contributed by atoms with Crippen molar-refractivity contribution < 1.29 is 4.79 Å². The standard InChI is InChI=1S/C24H29N3O/c1-3-17-8-7-11-21-18(16-26-22(17)21)12-13-25-23(28)27-20-14-24(2,15-20)19-9-5-4-6-10-19/h4-11,16,20,26H,3,12-15H2,1-2H3,(H2,25,27,28). The average molecular weight is 376 g/mol. The third-order valence-corrected chi connectivity index (χ3v) is 6.15. The van der Waals surface area contributed by atoms with Crippen molar-refractivity contribution >= 4 is 16.9 Å². The number of aryl methyl sites for hydroxylation is 1. The van der Waals surface area contributed by atoms with E-state index in [0.717, 1.165) is 25.7 Å². The van der Waals surface area contributed by atoms with E-state index in [9.17, 15) is 4.79 Å². The molecule has 146 valence electrons. The van der Waals surface area contributed by atoms with E-state index in [0.29, 0.717) is 6.54 Å². The van der Waals surface area contributed by atoms with Gasteiger partial charge in [0, 0.05) is 29.7 Å². The molecule has 0 spiro atoms. The number of nitrogens with one attached hydrogen (secondary N) is 3. The molecule has 0 atom stereocenters. The Bertz CT molecular complexity index is 954. The van der Waals surface area contributed by atoms with Gasteiger partial charge in [-0.1, -0.05) is 62.4 Å². The molecular formula is C24H29N3O. The number of carbonyl (C=O) groups excluding carboxylic acids is 1. The number of amides is 2. The molecule has 1 fully saturated rings. The van der Waals surface area contributed by atoms with Crippen molar-refractivity contribution in [3.63, 3.8) is 0 Å². The van der Waals surface area contributed by atoms with Crippen LogP contribution < -0.4 is 10.6 Å². The Labute approximate surface area is 166 Å². The fourth-order valence-electron chi connectivity index (χ4n) is 4.53. The Morgan fingerprint density at radius 2 is 1.89 bits per heavy atom. The van der Waals surface area contributed by atoms with Gasteiger partial charge in [-0.2, -0.15) is 0 Å². The third kappa shape index (κ3) is 3.64. The van der Waals surface area contributed by atoms with Gasteiger partial charge >= 0.3 is 6.03 Å². The molecule has 0 saturated heterocycles. The fraction of sp³-hybridized carbons (Fsp3) is 0.375. The second-order valence-electron chi connectivity index (χ2n) is 8.19. The Morgan fingerprint density at radius 3 is 2.64 bits per heavy atom. The maximum absolute atomic E-state index is 12.3. The summed E-state index contributed by atoms with van der Waals surface area (Å²) >= 11 is 0. The van der Waals surface area contributed by atoms with Crippen molar-refractivity contribution in [2.24, 2.45) is 0 Å². The lowest BCUT2D eigenvalue weighted by Gasteiger charge is -2.46. The van der Waals surface area contributed by atoms with Crippen LogP contribution in [0, 0.1) is 0 Å². The normalized spacial score (nSPS) is 21.3. The second kappa shape index (κ2) is 7.70.